The highest BCUT2D eigenvalue weighted by molar-refractivity contribution is 5.81. The third-order valence-electron chi connectivity index (χ3n) is 3.06. The highest BCUT2D eigenvalue weighted by Crippen LogP contribution is 2.13. The van der Waals surface area contributed by atoms with E-state index in [2.05, 4.69) is 15.0 Å². The molecule has 0 aliphatic heterocycles. The van der Waals surface area contributed by atoms with Crippen LogP contribution in [0.3, 0.4) is 0 Å². The number of carbonyl (C=O) groups is 2. The number of benzene rings is 1. The first kappa shape index (κ1) is 14.0. The van der Waals surface area contributed by atoms with Crippen molar-refractivity contribution in [2.45, 2.75) is 19.4 Å². The van der Waals surface area contributed by atoms with Gasteiger partial charge in [0, 0.05) is 20.0 Å². The molecule has 1 heterocycles. The van der Waals surface area contributed by atoms with Crippen LogP contribution in [0.4, 0.5) is 0 Å². The molecule has 1 aromatic carbocycles. The lowest BCUT2D eigenvalue weighted by Gasteiger charge is -2.05. The number of nitrogens with one attached hydrogen (secondary N) is 1. The van der Waals surface area contributed by atoms with Gasteiger partial charge in [0.1, 0.15) is 0 Å². The second-order valence-corrected chi connectivity index (χ2v) is 4.53. The summed E-state index contributed by atoms with van der Waals surface area (Å²) in [6, 6.07) is 5.86. The second-order valence-electron chi connectivity index (χ2n) is 4.53. The minimum atomic E-state index is -0.380. The van der Waals surface area contributed by atoms with E-state index in [0.29, 0.717) is 6.54 Å². The normalized spacial score (nSPS) is 10.5. The maximum atomic E-state index is 11.6. The zero-order chi connectivity index (χ0) is 14.5. The Kier molecular flexibility index (Phi) is 4.34. The van der Waals surface area contributed by atoms with Gasteiger partial charge in [-0.3, -0.25) is 9.59 Å². The van der Waals surface area contributed by atoms with Gasteiger partial charge in [-0.25, -0.2) is 4.98 Å². The number of aromatic nitrogens is 2. The molecule has 2 aromatic rings. The molecule has 0 aliphatic rings. The zero-order valence-electron chi connectivity index (χ0n) is 11.5. The Labute approximate surface area is 116 Å². The van der Waals surface area contributed by atoms with Crippen LogP contribution >= 0.6 is 0 Å². The number of amides is 1. The highest BCUT2D eigenvalue weighted by atomic mass is 16.5. The molecule has 0 saturated heterocycles. The molecule has 0 fully saturated rings. The molecular weight excluding hydrogens is 258 g/mol. The molecule has 6 heteroatoms. The number of hydrogen-bond acceptors (Lipinski definition) is 4. The summed E-state index contributed by atoms with van der Waals surface area (Å²) in [5, 5.41) is 2.77. The predicted octanol–water partition coefficient (Wildman–Crippen LogP) is 1.14. The molecule has 0 bridgehead atoms. The molecule has 1 amide bonds. The molecule has 1 aromatic heterocycles. The molecule has 2 rings (SSSR count). The fraction of sp³-hybridized carbons (Fsp3) is 0.357. The number of imidazole rings is 1. The molecule has 0 aliphatic carbocycles. The quantitative estimate of drug-likeness (QED) is 0.831. The smallest absolute Gasteiger partial charge is 0.306 e. The molecule has 0 radical (unpaired) electrons. The van der Waals surface area contributed by atoms with E-state index >= 15 is 0 Å². The van der Waals surface area contributed by atoms with Gasteiger partial charge < -0.3 is 14.6 Å². The minimum Gasteiger partial charge on any atom is -0.469 e. The number of esters is 1. The number of aryl methyl sites for hydroxylation is 1. The summed E-state index contributed by atoms with van der Waals surface area (Å²) in [6.07, 6.45) is 1.99. The van der Waals surface area contributed by atoms with Crippen molar-refractivity contribution in [1.29, 1.82) is 0 Å². The van der Waals surface area contributed by atoms with Crippen LogP contribution in [-0.2, 0) is 27.9 Å². The summed E-state index contributed by atoms with van der Waals surface area (Å²) in [5.41, 5.74) is 2.92. The average molecular weight is 275 g/mol. The minimum absolute atomic E-state index is 0.0988. The first-order valence-electron chi connectivity index (χ1n) is 6.33. The van der Waals surface area contributed by atoms with E-state index in [4.69, 9.17) is 0 Å². The summed E-state index contributed by atoms with van der Waals surface area (Å²) in [7, 11) is 3.24. The molecule has 0 spiro atoms. The fourth-order valence-electron chi connectivity index (χ4n) is 1.90. The number of fused-ring (bicyclic) bond motifs is 1. The summed E-state index contributed by atoms with van der Waals surface area (Å²) in [5.74, 6) is -0.549. The van der Waals surface area contributed by atoms with Crippen LogP contribution in [0.2, 0.25) is 0 Å². The molecule has 0 atom stereocenters. The molecule has 6 nitrogen and oxygen atoms in total. The summed E-state index contributed by atoms with van der Waals surface area (Å²) < 4.78 is 6.42. The fourth-order valence-corrected chi connectivity index (χ4v) is 1.90. The van der Waals surface area contributed by atoms with Crippen molar-refractivity contribution in [3.05, 3.63) is 30.1 Å². The molecule has 0 unspecified atom stereocenters. The van der Waals surface area contributed by atoms with Crippen molar-refractivity contribution in [3.63, 3.8) is 0 Å². The molecule has 106 valence electrons. The van der Waals surface area contributed by atoms with Gasteiger partial charge in [-0.2, -0.15) is 0 Å². The maximum Gasteiger partial charge on any atom is 0.306 e. The monoisotopic (exact) mass is 275 g/mol. The summed E-state index contributed by atoms with van der Waals surface area (Å²) in [4.78, 5) is 26.8. The molecular formula is C14H17N3O3. The molecule has 0 saturated carbocycles. The van der Waals surface area contributed by atoms with Crippen LogP contribution < -0.4 is 5.32 Å². The largest absolute Gasteiger partial charge is 0.469 e. The Balaban J connectivity index is 1.89. The third kappa shape index (κ3) is 3.34. The lowest BCUT2D eigenvalue weighted by atomic mass is 10.2. The van der Waals surface area contributed by atoms with Crippen molar-refractivity contribution in [3.8, 4) is 0 Å². The van der Waals surface area contributed by atoms with Gasteiger partial charge in [-0.15, -0.1) is 0 Å². The topological polar surface area (TPSA) is 73.2 Å². The van der Waals surface area contributed by atoms with Crippen LogP contribution in [0.15, 0.2) is 24.5 Å². The van der Waals surface area contributed by atoms with Gasteiger partial charge in [0.15, 0.2) is 0 Å². The summed E-state index contributed by atoms with van der Waals surface area (Å²) in [6.45, 7) is 0.423. The zero-order valence-corrected chi connectivity index (χ0v) is 11.5. The Morgan fingerprint density at radius 3 is 2.90 bits per heavy atom. The lowest BCUT2D eigenvalue weighted by molar-refractivity contribution is -0.142. The summed E-state index contributed by atoms with van der Waals surface area (Å²) >= 11 is 0. The Bertz CT molecular complexity index is 634. The van der Waals surface area contributed by atoms with Crippen LogP contribution in [0.25, 0.3) is 11.0 Å². The van der Waals surface area contributed by atoms with Crippen molar-refractivity contribution < 1.29 is 14.3 Å². The van der Waals surface area contributed by atoms with Gasteiger partial charge in [-0.05, 0) is 17.7 Å². The lowest BCUT2D eigenvalue weighted by Crippen LogP contribution is -2.23. The van der Waals surface area contributed by atoms with E-state index < -0.39 is 0 Å². The highest BCUT2D eigenvalue weighted by Gasteiger charge is 2.07. The Hall–Kier alpha value is -2.37. The van der Waals surface area contributed by atoms with Crippen LogP contribution in [0.5, 0.6) is 0 Å². The third-order valence-corrected chi connectivity index (χ3v) is 3.06. The van der Waals surface area contributed by atoms with Gasteiger partial charge in [0.2, 0.25) is 5.91 Å². The molecule has 20 heavy (non-hydrogen) atoms. The van der Waals surface area contributed by atoms with Crippen LogP contribution in [0, 0.1) is 0 Å². The van der Waals surface area contributed by atoms with E-state index in [-0.39, 0.29) is 24.7 Å². The first-order valence-corrected chi connectivity index (χ1v) is 6.33. The predicted molar refractivity (Wildman–Crippen MR) is 73.8 cm³/mol. The van der Waals surface area contributed by atoms with Crippen molar-refractivity contribution >= 4 is 22.9 Å². The van der Waals surface area contributed by atoms with E-state index in [9.17, 15) is 9.59 Å². The van der Waals surface area contributed by atoms with E-state index in [0.717, 1.165) is 16.6 Å². The van der Waals surface area contributed by atoms with Gasteiger partial charge in [-0.1, -0.05) is 6.07 Å². The van der Waals surface area contributed by atoms with Gasteiger partial charge >= 0.3 is 5.97 Å². The number of nitrogens with zero attached hydrogens (tertiary/aromatic N) is 2. The number of methoxy groups -OCH3 is 1. The number of hydrogen-bond donors (Lipinski definition) is 1. The van der Waals surface area contributed by atoms with Crippen LogP contribution in [0.1, 0.15) is 18.4 Å². The second kappa shape index (κ2) is 6.18. The van der Waals surface area contributed by atoms with Crippen LogP contribution in [-0.4, -0.2) is 28.5 Å². The van der Waals surface area contributed by atoms with E-state index in [1.807, 2.05) is 29.8 Å². The standard InChI is InChI=1S/C14H17N3O3/c1-17-9-16-11-7-10(3-4-12(11)17)8-15-13(18)5-6-14(19)20-2/h3-4,7,9H,5-6,8H2,1-2H3,(H,15,18). The van der Waals surface area contributed by atoms with Gasteiger partial charge in [0.25, 0.3) is 0 Å². The number of carbonyl (C=O) groups excluding carboxylic acids is 2. The Morgan fingerprint density at radius 1 is 1.35 bits per heavy atom. The van der Waals surface area contributed by atoms with Crippen molar-refractivity contribution in [2.24, 2.45) is 7.05 Å². The Morgan fingerprint density at radius 2 is 2.15 bits per heavy atom. The van der Waals surface area contributed by atoms with Gasteiger partial charge in [0.05, 0.1) is 30.9 Å². The maximum absolute atomic E-state index is 11.6. The SMILES string of the molecule is COC(=O)CCC(=O)NCc1ccc2c(c1)ncn2C. The van der Waals surface area contributed by atoms with Crippen molar-refractivity contribution in [2.75, 3.05) is 7.11 Å². The van der Waals surface area contributed by atoms with E-state index in [1.165, 1.54) is 7.11 Å². The van der Waals surface area contributed by atoms with E-state index in [1.54, 1.807) is 6.33 Å². The first-order chi connectivity index (χ1) is 9.60. The average Bonchev–Trinajstić information content (AvgIpc) is 2.83. The van der Waals surface area contributed by atoms with Crippen molar-refractivity contribution in [1.82, 2.24) is 14.9 Å². The molecule has 1 N–H and O–H groups in total. The number of ether oxygens (including phenoxy) is 1. The number of rotatable bonds is 5.